The van der Waals surface area contributed by atoms with Crippen molar-refractivity contribution >= 4 is 54.5 Å². The van der Waals surface area contributed by atoms with Crippen molar-refractivity contribution in [2.24, 2.45) is 0 Å². The highest BCUT2D eigenvalue weighted by Gasteiger charge is 1.90. The van der Waals surface area contributed by atoms with Crippen LogP contribution in [0.5, 0.6) is 11.5 Å². The summed E-state index contributed by atoms with van der Waals surface area (Å²) in [6, 6.07) is 14.7. The molecule has 0 fully saturated rings. The molecule has 0 saturated heterocycles. The highest BCUT2D eigenvalue weighted by molar-refractivity contribution is 14.1. The predicted octanol–water partition coefficient (Wildman–Crippen LogP) is 7.22. The molecule has 128 valence electrons. The van der Waals surface area contributed by atoms with Gasteiger partial charge in [0.1, 0.15) is 11.5 Å². The van der Waals surface area contributed by atoms with Gasteiger partial charge in [0, 0.05) is 8.95 Å². The van der Waals surface area contributed by atoms with E-state index in [9.17, 15) is 0 Å². The molecule has 0 radical (unpaired) electrons. The zero-order valence-corrected chi connectivity index (χ0v) is 18.8. The van der Waals surface area contributed by atoms with E-state index >= 15 is 0 Å². The van der Waals surface area contributed by atoms with Gasteiger partial charge in [-0.1, -0.05) is 68.3 Å². The van der Waals surface area contributed by atoms with Gasteiger partial charge in [-0.05, 0) is 65.8 Å². The first-order valence-electron chi connectivity index (χ1n) is 7.42. The van der Waals surface area contributed by atoms with Gasteiger partial charge in [0.25, 0.3) is 0 Å². The van der Waals surface area contributed by atoms with Crippen LogP contribution in [0.15, 0.2) is 57.5 Å². The number of phenols is 1. The van der Waals surface area contributed by atoms with Crippen molar-refractivity contribution in [3.63, 3.8) is 0 Å². The number of ether oxygens (including phenoxy) is 1. The molecule has 1 N–H and O–H groups in total. The summed E-state index contributed by atoms with van der Waals surface area (Å²) < 4.78 is 8.75. The summed E-state index contributed by atoms with van der Waals surface area (Å²) in [4.78, 5) is 0. The molecule has 5 heteroatoms. The number of rotatable bonds is 4. The van der Waals surface area contributed by atoms with Gasteiger partial charge in [-0.15, -0.1) is 0 Å². The molecule has 0 aliphatic heterocycles. The largest absolute Gasteiger partial charge is 0.508 e. The van der Waals surface area contributed by atoms with E-state index in [4.69, 9.17) is 9.84 Å². The second-order valence-corrected chi connectivity index (χ2v) is 7.38. The number of hydrogen-bond donors (Lipinski definition) is 1. The molecule has 2 aromatic rings. The number of benzene rings is 2. The van der Waals surface area contributed by atoms with Crippen LogP contribution in [0.1, 0.15) is 26.7 Å². The molecular weight excluding hydrogens is 535 g/mol. The minimum atomic E-state index is 0.299. The van der Waals surface area contributed by atoms with Gasteiger partial charge in [0.15, 0.2) is 0 Å². The van der Waals surface area contributed by atoms with Crippen LogP contribution < -0.4 is 4.74 Å². The highest BCUT2D eigenvalue weighted by atomic mass is 127. The van der Waals surface area contributed by atoms with Crippen molar-refractivity contribution in [3.8, 4) is 11.5 Å². The van der Waals surface area contributed by atoms with E-state index in [1.807, 2.05) is 24.3 Å². The van der Waals surface area contributed by atoms with E-state index in [1.165, 1.54) is 10.8 Å². The number of alkyl halides is 1. The number of phenolic OH excluding ortho intramolecular Hbond substituents is 1. The topological polar surface area (TPSA) is 29.5 Å². The van der Waals surface area contributed by atoms with Crippen LogP contribution in [-0.4, -0.2) is 16.1 Å². The first-order chi connectivity index (χ1) is 11.0. The van der Waals surface area contributed by atoms with Crippen LogP contribution in [-0.2, 0) is 0 Å². The van der Waals surface area contributed by atoms with Gasteiger partial charge in [-0.2, -0.15) is 0 Å². The molecule has 0 unspecified atom stereocenters. The van der Waals surface area contributed by atoms with E-state index in [0.29, 0.717) is 5.75 Å². The Labute approximate surface area is 170 Å². The summed E-state index contributed by atoms with van der Waals surface area (Å²) in [6.07, 6.45) is 2.36. The summed E-state index contributed by atoms with van der Waals surface area (Å²) in [5.74, 6) is 1.24. The first kappa shape index (κ1) is 22.7. The maximum absolute atomic E-state index is 8.74. The van der Waals surface area contributed by atoms with Crippen molar-refractivity contribution in [2.75, 3.05) is 11.0 Å². The monoisotopic (exact) mass is 556 g/mol. The minimum absolute atomic E-state index is 0.299. The maximum atomic E-state index is 8.74. The Kier molecular flexibility index (Phi) is 15.1. The fourth-order valence-corrected chi connectivity index (χ4v) is 1.72. The van der Waals surface area contributed by atoms with Gasteiger partial charge in [-0.25, -0.2) is 0 Å². The lowest BCUT2D eigenvalue weighted by Crippen LogP contribution is -1.93. The summed E-state index contributed by atoms with van der Waals surface area (Å²) in [5, 5.41) is 8.74. The third kappa shape index (κ3) is 13.8. The minimum Gasteiger partial charge on any atom is -0.508 e. The molecule has 2 nitrogen and oxygen atoms in total. The number of aromatic hydroxyl groups is 1. The lowest BCUT2D eigenvalue weighted by atomic mass is 10.3. The molecule has 0 atom stereocenters. The molecule has 0 bridgehead atoms. The lowest BCUT2D eigenvalue weighted by molar-refractivity contribution is 0.317. The van der Waals surface area contributed by atoms with Crippen LogP contribution in [0.4, 0.5) is 0 Å². The van der Waals surface area contributed by atoms with E-state index in [2.05, 4.69) is 68.3 Å². The molecule has 0 heterocycles. The van der Waals surface area contributed by atoms with Crippen LogP contribution in [0.2, 0.25) is 0 Å². The molecule has 0 aliphatic carbocycles. The number of halogens is 3. The smallest absolute Gasteiger partial charge is 0.119 e. The summed E-state index contributed by atoms with van der Waals surface area (Å²) in [6.45, 7) is 5.06. The van der Waals surface area contributed by atoms with E-state index < -0.39 is 0 Å². The van der Waals surface area contributed by atoms with Crippen LogP contribution in [0, 0.1) is 0 Å². The molecule has 2 aromatic carbocycles. The molecule has 0 aromatic heterocycles. The summed E-state index contributed by atoms with van der Waals surface area (Å²) in [7, 11) is 0. The lowest BCUT2D eigenvalue weighted by Gasteiger charge is -2.02. The molecule has 2 rings (SSSR count). The normalized spacial score (nSPS) is 9.09. The van der Waals surface area contributed by atoms with Crippen molar-refractivity contribution in [3.05, 3.63) is 57.5 Å². The molecule has 0 aliphatic rings. The molecular formula is C18H23Br2IO2. The van der Waals surface area contributed by atoms with Gasteiger partial charge in [0.05, 0.1) is 6.61 Å². The Bertz CT molecular complexity index is 478. The Balaban J connectivity index is 0.000000354. The summed E-state index contributed by atoms with van der Waals surface area (Å²) >= 11 is 8.94. The molecule has 0 amide bonds. The quantitative estimate of drug-likeness (QED) is 0.317. The second-order valence-electron chi connectivity index (χ2n) is 4.47. The van der Waals surface area contributed by atoms with Gasteiger partial charge >= 0.3 is 0 Å². The Morgan fingerprint density at radius 2 is 1.30 bits per heavy atom. The Morgan fingerprint density at radius 1 is 0.870 bits per heavy atom. The third-order valence-corrected chi connectivity index (χ3v) is 4.44. The van der Waals surface area contributed by atoms with Crippen LogP contribution in [0.25, 0.3) is 0 Å². The van der Waals surface area contributed by atoms with Crippen LogP contribution >= 0.6 is 54.5 Å². The second kappa shape index (κ2) is 15.3. The van der Waals surface area contributed by atoms with Crippen molar-refractivity contribution in [1.29, 1.82) is 0 Å². The van der Waals surface area contributed by atoms with Crippen LogP contribution in [0.3, 0.4) is 0 Å². The number of hydrogen-bond acceptors (Lipinski definition) is 2. The van der Waals surface area contributed by atoms with Gasteiger partial charge in [-0.3, -0.25) is 0 Å². The van der Waals surface area contributed by atoms with Crippen molar-refractivity contribution < 1.29 is 9.84 Å². The zero-order chi connectivity index (χ0) is 17.5. The molecule has 0 saturated carbocycles. The Morgan fingerprint density at radius 3 is 1.65 bits per heavy atom. The standard InChI is InChI=1S/C9H11BrO.C6H5BrO.C3H7I/c1-2-7-11-9-5-3-8(10)4-6-9;7-5-1-3-6(8)4-2-5;1-2-3-4/h3-6H,2,7H2,1H3;1-4,8H;2-3H2,1H3. The molecule has 23 heavy (non-hydrogen) atoms. The SMILES string of the molecule is CCCI.CCCOc1ccc(Br)cc1.Oc1ccc(Br)cc1. The third-order valence-electron chi connectivity index (χ3n) is 2.30. The first-order valence-corrected chi connectivity index (χ1v) is 10.5. The average Bonchev–Trinajstić information content (AvgIpc) is 2.58. The van der Waals surface area contributed by atoms with Crippen molar-refractivity contribution in [1.82, 2.24) is 0 Å². The fourth-order valence-electron chi connectivity index (χ4n) is 1.19. The van der Waals surface area contributed by atoms with Crippen molar-refractivity contribution in [2.45, 2.75) is 26.7 Å². The molecule has 0 spiro atoms. The highest BCUT2D eigenvalue weighted by Crippen LogP contribution is 2.16. The van der Waals surface area contributed by atoms with E-state index in [0.717, 1.165) is 27.7 Å². The maximum Gasteiger partial charge on any atom is 0.119 e. The summed E-state index contributed by atoms with van der Waals surface area (Å²) in [5.41, 5.74) is 0. The van der Waals surface area contributed by atoms with Gasteiger partial charge < -0.3 is 9.84 Å². The predicted molar refractivity (Wildman–Crippen MR) is 115 cm³/mol. The van der Waals surface area contributed by atoms with E-state index in [1.54, 1.807) is 24.3 Å². The zero-order valence-electron chi connectivity index (χ0n) is 13.4. The van der Waals surface area contributed by atoms with E-state index in [-0.39, 0.29) is 0 Å². The fraction of sp³-hybridized carbons (Fsp3) is 0.333. The average molecular weight is 558 g/mol. The Hall–Kier alpha value is -0.270. The van der Waals surface area contributed by atoms with Gasteiger partial charge in [0.2, 0.25) is 0 Å².